The third kappa shape index (κ3) is 6.81. The van der Waals surface area contributed by atoms with Gasteiger partial charge in [-0.3, -0.25) is 0 Å². The molecule has 0 aliphatic heterocycles. The highest BCUT2D eigenvalue weighted by Gasteiger charge is 2.34. The predicted molar refractivity (Wildman–Crippen MR) is 100 cm³/mol. The first kappa shape index (κ1) is 21.6. The summed E-state index contributed by atoms with van der Waals surface area (Å²) in [4.78, 5) is 13.9. The minimum Gasteiger partial charge on any atom is -0.598 e. The molecule has 0 aromatic heterocycles. The zero-order valence-corrected chi connectivity index (χ0v) is 17.5. The van der Waals surface area contributed by atoms with Crippen molar-refractivity contribution in [3.8, 4) is 0 Å². The van der Waals surface area contributed by atoms with Crippen LogP contribution in [0.1, 0.15) is 74.1 Å². The van der Waals surface area contributed by atoms with Crippen LogP contribution in [-0.2, 0) is 16.1 Å². The molecule has 0 unspecified atom stereocenters. The van der Waals surface area contributed by atoms with E-state index in [-0.39, 0.29) is 22.9 Å². The van der Waals surface area contributed by atoms with Gasteiger partial charge in [0.2, 0.25) is 0 Å². The third-order valence-corrected chi connectivity index (χ3v) is 6.23. The van der Waals surface area contributed by atoms with Crippen molar-refractivity contribution in [3.63, 3.8) is 0 Å². The van der Waals surface area contributed by atoms with Gasteiger partial charge in [0, 0.05) is 24.5 Å². The first-order chi connectivity index (χ1) is 10.8. The van der Waals surface area contributed by atoms with Gasteiger partial charge in [-0.2, -0.15) is 0 Å². The zero-order valence-electron chi connectivity index (χ0n) is 16.6. The Labute approximate surface area is 151 Å². The molecule has 0 saturated heterocycles. The fourth-order valence-corrected chi connectivity index (χ4v) is 3.80. The summed E-state index contributed by atoms with van der Waals surface area (Å²) in [5.74, 6) is 0.500. The molecule has 1 rings (SSSR count). The molecule has 0 radical (unpaired) electrons. The smallest absolute Gasteiger partial charge is 0.410 e. The van der Waals surface area contributed by atoms with Crippen LogP contribution in [0, 0.1) is 5.92 Å². The van der Waals surface area contributed by atoms with Gasteiger partial charge in [0.25, 0.3) is 0 Å². The first-order valence-electron chi connectivity index (χ1n) is 8.95. The Morgan fingerprint density at radius 3 is 2.08 bits per heavy atom. The van der Waals surface area contributed by atoms with Crippen molar-refractivity contribution in [3.05, 3.63) is 0 Å². The highest BCUT2D eigenvalue weighted by Crippen LogP contribution is 2.30. The van der Waals surface area contributed by atoms with Crippen LogP contribution in [0.2, 0.25) is 0 Å². The van der Waals surface area contributed by atoms with Crippen LogP contribution >= 0.6 is 0 Å². The lowest BCUT2D eigenvalue weighted by Crippen LogP contribution is -2.48. The summed E-state index contributed by atoms with van der Waals surface area (Å²) >= 11 is -1.04. The minimum atomic E-state index is -1.04. The van der Waals surface area contributed by atoms with E-state index >= 15 is 0 Å². The number of carbonyl (C=O) groups is 1. The van der Waals surface area contributed by atoms with Crippen molar-refractivity contribution < 1.29 is 14.1 Å². The summed E-state index contributed by atoms with van der Waals surface area (Å²) in [6.45, 7) is 13.7. The number of hydrogen-bond acceptors (Lipinski definition) is 4. The first-order valence-corrected chi connectivity index (χ1v) is 10.1. The van der Waals surface area contributed by atoms with Crippen molar-refractivity contribution >= 4 is 17.5 Å². The van der Waals surface area contributed by atoms with Crippen molar-refractivity contribution in [1.82, 2.24) is 9.62 Å². The lowest BCUT2D eigenvalue weighted by Gasteiger charge is -2.38. The van der Waals surface area contributed by atoms with E-state index in [2.05, 4.69) is 11.6 Å². The van der Waals surface area contributed by atoms with Crippen LogP contribution < -0.4 is 4.72 Å². The Morgan fingerprint density at radius 1 is 1.17 bits per heavy atom. The van der Waals surface area contributed by atoms with E-state index < -0.39 is 17.0 Å². The lowest BCUT2D eigenvalue weighted by molar-refractivity contribution is 0.0168. The second-order valence-electron chi connectivity index (χ2n) is 8.95. The molecule has 0 heterocycles. The van der Waals surface area contributed by atoms with Crippen LogP contribution in [0.25, 0.3) is 0 Å². The summed E-state index contributed by atoms with van der Waals surface area (Å²) in [5, 5.41) is 0. The normalized spacial score (nSPS) is 25.0. The molecule has 2 atom stereocenters. The molecule has 0 spiro atoms. The fraction of sp³-hybridized carbons (Fsp3) is 0.944. The molecule has 0 aromatic carbocycles. The number of rotatable bonds is 4. The van der Waals surface area contributed by atoms with Crippen molar-refractivity contribution in [2.75, 3.05) is 7.05 Å². The van der Waals surface area contributed by atoms with E-state index in [4.69, 9.17) is 4.74 Å². The number of ether oxygens (including phenoxy) is 1. The average Bonchev–Trinajstić information content (AvgIpc) is 2.43. The number of hydrogen-bond donors (Lipinski definition) is 1. The van der Waals surface area contributed by atoms with Crippen LogP contribution in [0.5, 0.6) is 0 Å². The van der Waals surface area contributed by atoms with Crippen LogP contribution in [0.15, 0.2) is 0 Å². The van der Waals surface area contributed by atoms with Gasteiger partial charge in [-0.05, 0) is 80.1 Å². The Morgan fingerprint density at radius 2 is 1.67 bits per heavy atom. The highest BCUT2D eigenvalue weighted by molar-refractivity contribution is 7.90. The number of carbonyl (C=O) groups excluding carboxylic acids is 1. The zero-order chi connectivity index (χ0) is 18.7. The average molecular weight is 361 g/mol. The third-order valence-electron chi connectivity index (χ3n) is 4.53. The Kier molecular flexibility index (Phi) is 7.45. The molecule has 142 valence electrons. The Bertz CT molecular complexity index is 409. The molecular formula is C18H36N2O3S. The van der Waals surface area contributed by atoms with E-state index in [0.29, 0.717) is 5.92 Å². The molecule has 1 amide bonds. The van der Waals surface area contributed by atoms with Crippen molar-refractivity contribution in [2.24, 2.45) is 5.92 Å². The molecule has 6 heteroatoms. The minimum absolute atomic E-state index is 0.220. The molecule has 24 heavy (non-hydrogen) atoms. The topological polar surface area (TPSA) is 64.6 Å². The Hall–Kier alpha value is -0.460. The molecule has 5 nitrogen and oxygen atoms in total. The second kappa shape index (κ2) is 8.28. The molecule has 0 bridgehead atoms. The number of nitrogens with zero attached hydrogens (tertiary/aromatic N) is 1. The van der Waals surface area contributed by atoms with Gasteiger partial charge in [0.1, 0.15) is 10.3 Å². The maximum atomic E-state index is 12.2. The van der Waals surface area contributed by atoms with Gasteiger partial charge >= 0.3 is 6.09 Å². The SMILES string of the molecule is C[C@H](N[S@@+]([O-])C(C)(C)C)C1CCC(N(C)C(=O)OC(C)(C)C)CC1. The summed E-state index contributed by atoms with van der Waals surface area (Å²) in [7, 11) is 1.83. The lowest BCUT2D eigenvalue weighted by atomic mass is 9.82. The predicted octanol–water partition coefficient (Wildman–Crippen LogP) is 3.85. The molecule has 1 N–H and O–H groups in total. The van der Waals surface area contributed by atoms with Gasteiger partial charge in [-0.1, -0.05) is 0 Å². The number of amides is 1. The van der Waals surface area contributed by atoms with Crippen LogP contribution in [0.3, 0.4) is 0 Å². The van der Waals surface area contributed by atoms with Gasteiger partial charge in [0.15, 0.2) is 0 Å². The molecule has 1 aliphatic rings. The van der Waals surface area contributed by atoms with Crippen LogP contribution in [0.4, 0.5) is 4.79 Å². The highest BCUT2D eigenvalue weighted by atomic mass is 32.2. The summed E-state index contributed by atoms with van der Waals surface area (Å²) < 4.78 is 20.7. The van der Waals surface area contributed by atoms with Gasteiger partial charge in [-0.15, -0.1) is 4.72 Å². The van der Waals surface area contributed by atoms with E-state index in [0.717, 1.165) is 25.7 Å². The summed E-state index contributed by atoms with van der Waals surface area (Å²) in [6, 6.07) is 0.453. The summed E-state index contributed by atoms with van der Waals surface area (Å²) in [6.07, 6.45) is 3.76. The van der Waals surface area contributed by atoms with E-state index in [1.165, 1.54) is 0 Å². The van der Waals surface area contributed by atoms with Crippen molar-refractivity contribution in [2.45, 2.75) is 96.6 Å². The molecule has 1 saturated carbocycles. The summed E-state index contributed by atoms with van der Waals surface area (Å²) in [5.41, 5.74) is -0.460. The number of nitrogens with one attached hydrogen (secondary N) is 1. The van der Waals surface area contributed by atoms with E-state index in [1.54, 1.807) is 4.90 Å². The molecule has 1 aliphatic carbocycles. The largest absolute Gasteiger partial charge is 0.598 e. The molecular weight excluding hydrogens is 324 g/mol. The molecule has 1 fully saturated rings. The van der Waals surface area contributed by atoms with Gasteiger partial charge < -0.3 is 14.2 Å². The van der Waals surface area contributed by atoms with Crippen molar-refractivity contribution in [1.29, 1.82) is 0 Å². The monoisotopic (exact) mass is 360 g/mol. The Balaban J connectivity index is 2.47. The van der Waals surface area contributed by atoms with E-state index in [9.17, 15) is 9.35 Å². The second-order valence-corrected chi connectivity index (χ2v) is 10.9. The van der Waals surface area contributed by atoms with Crippen LogP contribution in [-0.4, -0.2) is 45.0 Å². The quantitative estimate of drug-likeness (QED) is 0.773. The fourth-order valence-electron chi connectivity index (χ4n) is 2.91. The van der Waals surface area contributed by atoms with Gasteiger partial charge in [-0.25, -0.2) is 4.79 Å². The standard InChI is InChI=1S/C18H36N2O3S/c1-13(19-24(22)18(5,6)7)14-9-11-15(12-10-14)20(8)16(21)23-17(2,3)4/h13-15,19H,9-12H2,1-8H3/t13-,14?,15?,24-/m0/s1. The van der Waals surface area contributed by atoms with E-state index in [1.807, 2.05) is 48.6 Å². The molecule has 0 aromatic rings. The van der Waals surface area contributed by atoms with Gasteiger partial charge in [0.05, 0.1) is 6.04 Å². The maximum Gasteiger partial charge on any atom is 0.410 e. The maximum absolute atomic E-state index is 12.2.